The number of carbonyl (C=O) groups excluding carboxylic acids is 1. The second-order valence-electron chi connectivity index (χ2n) is 3.55. The zero-order valence-corrected chi connectivity index (χ0v) is 9.14. The van der Waals surface area contributed by atoms with Gasteiger partial charge in [0, 0.05) is 13.0 Å². The number of nitro groups is 1. The Bertz CT molecular complexity index is 433. The van der Waals surface area contributed by atoms with Gasteiger partial charge in [-0.05, 0) is 23.8 Å². The lowest BCUT2D eigenvalue weighted by atomic mass is 10.1. The number of hydrogen-bond donors (Lipinski definition) is 1. The number of nitrogens with zero attached hydrogens (tertiary/aromatic N) is 3. The second kappa shape index (κ2) is 4.14. The molecule has 1 aromatic heterocycles. The number of anilines is 1. The summed E-state index contributed by atoms with van der Waals surface area (Å²) < 4.78 is 0. The minimum atomic E-state index is -0.512. The summed E-state index contributed by atoms with van der Waals surface area (Å²) in [5.41, 5.74) is 5.49. The molecule has 0 bridgehead atoms. The molecule has 86 valence electrons. The minimum absolute atomic E-state index is 0.0565. The average molecular weight is 242 g/mol. The van der Waals surface area contributed by atoms with Gasteiger partial charge in [0.15, 0.2) is 5.13 Å². The molecule has 1 fully saturated rings. The standard InChI is InChI=1S/C8H10N4O3S/c9-2-5-1-6(13)11(4-5)8-10-3-7(16-8)12(14)15/h3,5H,1-2,4,9H2. The first-order valence-electron chi connectivity index (χ1n) is 4.72. The monoisotopic (exact) mass is 242 g/mol. The summed E-state index contributed by atoms with van der Waals surface area (Å²) in [5, 5.41) is 10.8. The molecule has 1 amide bonds. The lowest BCUT2D eigenvalue weighted by Crippen LogP contribution is -2.25. The summed E-state index contributed by atoms with van der Waals surface area (Å²) >= 11 is 0.909. The Labute approximate surface area is 95.0 Å². The van der Waals surface area contributed by atoms with Gasteiger partial charge in [-0.2, -0.15) is 0 Å². The normalized spacial score (nSPS) is 20.4. The SMILES string of the molecule is NCC1CC(=O)N(c2ncc([N+](=O)[O-])s2)C1. The number of nitrogens with two attached hydrogens (primary N) is 1. The van der Waals surface area contributed by atoms with E-state index in [0.717, 1.165) is 11.3 Å². The highest BCUT2D eigenvalue weighted by Crippen LogP contribution is 2.32. The van der Waals surface area contributed by atoms with Crippen LogP contribution in [0, 0.1) is 16.0 Å². The van der Waals surface area contributed by atoms with Gasteiger partial charge >= 0.3 is 5.00 Å². The molecule has 0 aromatic carbocycles. The van der Waals surface area contributed by atoms with Crippen LogP contribution in [0.2, 0.25) is 0 Å². The van der Waals surface area contributed by atoms with Crippen molar-refractivity contribution in [1.29, 1.82) is 0 Å². The van der Waals surface area contributed by atoms with Crippen molar-refractivity contribution in [3.63, 3.8) is 0 Å². The van der Waals surface area contributed by atoms with Crippen molar-refractivity contribution in [3.8, 4) is 0 Å². The van der Waals surface area contributed by atoms with Crippen LogP contribution in [0.3, 0.4) is 0 Å². The summed E-state index contributed by atoms with van der Waals surface area (Å²) in [6.45, 7) is 0.940. The molecule has 0 radical (unpaired) electrons. The number of rotatable bonds is 3. The predicted molar refractivity (Wildman–Crippen MR) is 58.3 cm³/mol. The fourth-order valence-corrected chi connectivity index (χ4v) is 2.35. The number of aromatic nitrogens is 1. The molecule has 1 aliphatic heterocycles. The highest BCUT2D eigenvalue weighted by molar-refractivity contribution is 7.18. The topological polar surface area (TPSA) is 102 Å². The van der Waals surface area contributed by atoms with E-state index in [1.165, 1.54) is 11.1 Å². The first-order chi connectivity index (χ1) is 7.61. The van der Waals surface area contributed by atoms with Crippen molar-refractivity contribution < 1.29 is 9.72 Å². The zero-order chi connectivity index (χ0) is 11.7. The number of hydrogen-bond acceptors (Lipinski definition) is 6. The van der Waals surface area contributed by atoms with Gasteiger partial charge in [-0.3, -0.25) is 19.8 Å². The van der Waals surface area contributed by atoms with Crippen molar-refractivity contribution in [1.82, 2.24) is 4.98 Å². The largest absolute Gasteiger partial charge is 0.345 e. The smallest absolute Gasteiger partial charge is 0.330 e. The Balaban J connectivity index is 2.18. The fraction of sp³-hybridized carbons (Fsp3) is 0.500. The third-order valence-electron chi connectivity index (χ3n) is 2.43. The molecule has 2 heterocycles. The van der Waals surface area contributed by atoms with Crippen LogP contribution in [-0.4, -0.2) is 28.9 Å². The quantitative estimate of drug-likeness (QED) is 0.609. The second-order valence-corrected chi connectivity index (χ2v) is 4.54. The number of carbonyl (C=O) groups is 1. The minimum Gasteiger partial charge on any atom is -0.330 e. The van der Waals surface area contributed by atoms with E-state index in [0.29, 0.717) is 24.6 Å². The van der Waals surface area contributed by atoms with Gasteiger partial charge in [-0.25, -0.2) is 4.98 Å². The van der Waals surface area contributed by atoms with Crippen LogP contribution >= 0.6 is 11.3 Å². The number of thiazole rings is 1. The average Bonchev–Trinajstić information content (AvgIpc) is 2.83. The van der Waals surface area contributed by atoms with E-state index in [2.05, 4.69) is 4.98 Å². The van der Waals surface area contributed by atoms with Crippen LogP contribution in [0.4, 0.5) is 10.1 Å². The summed E-state index contributed by atoms with van der Waals surface area (Å²) in [5.74, 6) is 0.0511. The van der Waals surface area contributed by atoms with E-state index < -0.39 is 4.92 Å². The molecule has 1 aliphatic rings. The zero-order valence-electron chi connectivity index (χ0n) is 8.33. The maximum atomic E-state index is 11.6. The first-order valence-corrected chi connectivity index (χ1v) is 5.54. The van der Waals surface area contributed by atoms with Gasteiger partial charge in [-0.15, -0.1) is 0 Å². The Morgan fingerprint density at radius 3 is 3.00 bits per heavy atom. The van der Waals surface area contributed by atoms with E-state index in [1.807, 2.05) is 0 Å². The van der Waals surface area contributed by atoms with Crippen LogP contribution in [0.1, 0.15) is 6.42 Å². The molecule has 7 nitrogen and oxygen atoms in total. The molecular formula is C8H10N4O3S. The molecular weight excluding hydrogens is 232 g/mol. The predicted octanol–water partition coefficient (Wildman–Crippen LogP) is 0.363. The molecule has 16 heavy (non-hydrogen) atoms. The number of amides is 1. The van der Waals surface area contributed by atoms with E-state index in [1.54, 1.807) is 0 Å². The molecule has 1 aromatic rings. The maximum Gasteiger partial charge on any atom is 0.345 e. The van der Waals surface area contributed by atoms with Gasteiger partial charge in [0.1, 0.15) is 6.20 Å². The van der Waals surface area contributed by atoms with Crippen LogP contribution in [0.15, 0.2) is 6.20 Å². The highest BCUT2D eigenvalue weighted by Gasteiger charge is 2.32. The molecule has 0 spiro atoms. The van der Waals surface area contributed by atoms with Crippen molar-refractivity contribution in [2.45, 2.75) is 6.42 Å². The summed E-state index contributed by atoms with van der Waals surface area (Å²) in [4.78, 5) is 26.9. The molecule has 8 heteroatoms. The van der Waals surface area contributed by atoms with Gasteiger partial charge in [0.2, 0.25) is 5.91 Å². The van der Waals surface area contributed by atoms with Crippen LogP contribution in [0.5, 0.6) is 0 Å². The molecule has 2 rings (SSSR count). The molecule has 2 N–H and O–H groups in total. The first kappa shape index (κ1) is 11.0. The van der Waals surface area contributed by atoms with E-state index >= 15 is 0 Å². The molecule has 1 atom stereocenters. The van der Waals surface area contributed by atoms with Crippen molar-refractivity contribution in [3.05, 3.63) is 16.3 Å². The Kier molecular flexibility index (Phi) is 2.84. The third kappa shape index (κ3) is 1.89. The van der Waals surface area contributed by atoms with Gasteiger partial charge in [-0.1, -0.05) is 0 Å². The molecule has 1 saturated heterocycles. The van der Waals surface area contributed by atoms with E-state index in [4.69, 9.17) is 5.73 Å². The summed E-state index contributed by atoms with van der Waals surface area (Å²) in [7, 11) is 0. The van der Waals surface area contributed by atoms with E-state index in [9.17, 15) is 14.9 Å². The van der Waals surface area contributed by atoms with Gasteiger partial charge in [0.05, 0.1) is 4.92 Å². The van der Waals surface area contributed by atoms with E-state index in [-0.39, 0.29) is 16.8 Å². The summed E-state index contributed by atoms with van der Waals surface area (Å²) in [6, 6.07) is 0. The van der Waals surface area contributed by atoms with Gasteiger partial charge in [0.25, 0.3) is 0 Å². The van der Waals surface area contributed by atoms with Crippen molar-refractivity contribution >= 4 is 27.4 Å². The van der Waals surface area contributed by atoms with Crippen LogP contribution in [0.25, 0.3) is 0 Å². The summed E-state index contributed by atoms with van der Waals surface area (Å²) in [6.07, 6.45) is 1.56. The van der Waals surface area contributed by atoms with Crippen molar-refractivity contribution in [2.24, 2.45) is 11.7 Å². The molecule has 0 saturated carbocycles. The van der Waals surface area contributed by atoms with Crippen molar-refractivity contribution in [2.75, 3.05) is 18.0 Å². The lowest BCUT2D eigenvalue weighted by molar-refractivity contribution is -0.380. The Morgan fingerprint density at radius 1 is 1.75 bits per heavy atom. The highest BCUT2D eigenvalue weighted by atomic mass is 32.1. The van der Waals surface area contributed by atoms with Crippen LogP contribution < -0.4 is 10.6 Å². The van der Waals surface area contributed by atoms with Crippen LogP contribution in [-0.2, 0) is 4.79 Å². The lowest BCUT2D eigenvalue weighted by Gasteiger charge is -2.11. The molecule has 1 unspecified atom stereocenters. The molecule has 0 aliphatic carbocycles. The fourth-order valence-electron chi connectivity index (χ4n) is 1.59. The maximum absolute atomic E-state index is 11.6. The van der Waals surface area contributed by atoms with Gasteiger partial charge < -0.3 is 5.73 Å². The Hall–Kier alpha value is -1.54. The Morgan fingerprint density at radius 2 is 2.50 bits per heavy atom. The third-order valence-corrected chi connectivity index (χ3v) is 3.40.